The molecule has 128 valence electrons. The van der Waals surface area contributed by atoms with Crippen molar-refractivity contribution in [1.29, 1.82) is 0 Å². The lowest BCUT2D eigenvalue weighted by molar-refractivity contribution is 0.0929. The molecule has 1 aliphatic rings. The summed E-state index contributed by atoms with van der Waals surface area (Å²) in [5.41, 5.74) is 1.76. The van der Waals surface area contributed by atoms with E-state index in [-0.39, 0.29) is 24.4 Å². The van der Waals surface area contributed by atoms with Gasteiger partial charge in [-0.1, -0.05) is 19.9 Å². The van der Waals surface area contributed by atoms with Gasteiger partial charge in [0.2, 0.25) is 0 Å². The zero-order valence-electron chi connectivity index (χ0n) is 14.2. The monoisotopic (exact) mass is 331 g/mol. The highest BCUT2D eigenvalue weighted by Crippen LogP contribution is 2.34. The van der Waals surface area contributed by atoms with E-state index in [4.69, 9.17) is 4.74 Å². The van der Waals surface area contributed by atoms with E-state index in [0.29, 0.717) is 16.9 Å². The third-order valence-electron chi connectivity index (χ3n) is 4.65. The van der Waals surface area contributed by atoms with E-state index in [1.165, 1.54) is 6.07 Å². The van der Waals surface area contributed by atoms with E-state index in [1.54, 1.807) is 18.3 Å². The number of hydrogen-bond acceptors (Lipinski definition) is 3. The Morgan fingerprint density at radius 3 is 2.92 bits per heavy atom. The Morgan fingerprint density at radius 1 is 1.46 bits per heavy atom. The molecule has 3 rings (SSSR count). The Kier molecular flexibility index (Phi) is 4.55. The quantitative estimate of drug-likeness (QED) is 0.911. The molecule has 1 aliphatic heterocycles. The van der Waals surface area contributed by atoms with E-state index >= 15 is 0 Å². The first-order valence-electron chi connectivity index (χ1n) is 8.32. The van der Waals surface area contributed by atoms with Gasteiger partial charge in [0.1, 0.15) is 18.2 Å². The first-order valence-corrected chi connectivity index (χ1v) is 8.32. The number of nitrogens with one attached hydrogen (secondary N) is 1. The molecule has 0 saturated carbocycles. The fraction of sp³-hybridized carbons (Fsp3) is 0.444. The van der Waals surface area contributed by atoms with Gasteiger partial charge in [-0.15, -0.1) is 0 Å². The van der Waals surface area contributed by atoms with Crippen LogP contribution < -0.4 is 10.1 Å². The molecule has 1 aromatic carbocycles. The van der Waals surface area contributed by atoms with Crippen molar-refractivity contribution in [3.63, 3.8) is 0 Å². The summed E-state index contributed by atoms with van der Waals surface area (Å²) in [7, 11) is 0. The number of nitrogens with zero attached hydrogens (tertiary/aromatic N) is 2. The van der Waals surface area contributed by atoms with Crippen molar-refractivity contribution in [3.8, 4) is 5.75 Å². The van der Waals surface area contributed by atoms with Crippen molar-refractivity contribution in [2.75, 3.05) is 6.61 Å². The molecular formula is C18H22FN3O2. The third kappa shape index (κ3) is 2.77. The van der Waals surface area contributed by atoms with E-state index < -0.39 is 6.04 Å². The van der Waals surface area contributed by atoms with Crippen LogP contribution in [0.5, 0.6) is 5.75 Å². The summed E-state index contributed by atoms with van der Waals surface area (Å²) in [6, 6.07) is 4.48. The molecule has 6 heteroatoms. The van der Waals surface area contributed by atoms with Gasteiger partial charge in [-0.05, 0) is 31.9 Å². The van der Waals surface area contributed by atoms with Crippen LogP contribution in [0.15, 0.2) is 24.4 Å². The molecular weight excluding hydrogens is 309 g/mol. The van der Waals surface area contributed by atoms with Crippen LogP contribution in [0.3, 0.4) is 0 Å². The topological polar surface area (TPSA) is 56.2 Å². The van der Waals surface area contributed by atoms with Gasteiger partial charge in [0.25, 0.3) is 5.91 Å². The van der Waals surface area contributed by atoms with E-state index in [1.807, 2.05) is 11.6 Å². The van der Waals surface area contributed by atoms with Gasteiger partial charge in [-0.2, -0.15) is 5.10 Å². The predicted octanol–water partition coefficient (Wildman–Crippen LogP) is 3.56. The third-order valence-corrected chi connectivity index (χ3v) is 4.65. The van der Waals surface area contributed by atoms with Crippen LogP contribution in [0.1, 0.15) is 60.4 Å². The molecule has 24 heavy (non-hydrogen) atoms. The van der Waals surface area contributed by atoms with Gasteiger partial charge >= 0.3 is 0 Å². The maximum atomic E-state index is 14.0. The maximum Gasteiger partial charge on any atom is 0.255 e. The number of carbonyl (C=O) groups excluding carboxylic acids is 1. The molecule has 1 atom stereocenters. The molecule has 0 saturated heterocycles. The Labute approximate surface area is 140 Å². The second kappa shape index (κ2) is 6.63. The first kappa shape index (κ1) is 16.5. The molecule has 0 unspecified atom stereocenters. The minimum atomic E-state index is -0.482. The minimum absolute atomic E-state index is 0.238. The SMILES string of the molecule is CCC(CC)n1ncc(C(=O)N[C@@H]2COc3cccc(F)c32)c1C. The molecule has 2 aromatic rings. The number of amides is 1. The number of ether oxygens (including phenoxy) is 1. The number of hydrogen-bond donors (Lipinski definition) is 1. The van der Waals surface area contributed by atoms with Gasteiger partial charge in [-0.25, -0.2) is 4.39 Å². The molecule has 0 spiro atoms. The van der Waals surface area contributed by atoms with Crippen molar-refractivity contribution in [1.82, 2.24) is 15.1 Å². The molecule has 5 nitrogen and oxygen atoms in total. The zero-order chi connectivity index (χ0) is 17.3. The number of rotatable bonds is 5. The molecule has 2 heterocycles. The highest BCUT2D eigenvalue weighted by molar-refractivity contribution is 5.95. The fourth-order valence-corrected chi connectivity index (χ4v) is 3.24. The second-order valence-corrected chi connectivity index (χ2v) is 6.05. The average Bonchev–Trinajstić information content (AvgIpc) is 3.14. The Balaban J connectivity index is 1.81. The van der Waals surface area contributed by atoms with Crippen LogP contribution in [0.4, 0.5) is 4.39 Å². The lowest BCUT2D eigenvalue weighted by atomic mass is 10.1. The maximum absolute atomic E-state index is 14.0. The summed E-state index contributed by atoms with van der Waals surface area (Å²) in [5, 5.41) is 7.23. The first-order chi connectivity index (χ1) is 11.6. The molecule has 0 aliphatic carbocycles. The lowest BCUT2D eigenvalue weighted by Gasteiger charge is -2.16. The Bertz CT molecular complexity index is 753. The minimum Gasteiger partial charge on any atom is -0.491 e. The van der Waals surface area contributed by atoms with Gasteiger partial charge in [0.15, 0.2) is 0 Å². The summed E-state index contributed by atoms with van der Waals surface area (Å²) >= 11 is 0. The van der Waals surface area contributed by atoms with Crippen molar-refractivity contribution >= 4 is 5.91 Å². The second-order valence-electron chi connectivity index (χ2n) is 6.05. The van der Waals surface area contributed by atoms with Crippen molar-refractivity contribution < 1.29 is 13.9 Å². The predicted molar refractivity (Wildman–Crippen MR) is 88.7 cm³/mol. The molecule has 0 radical (unpaired) electrons. The van der Waals surface area contributed by atoms with Gasteiger partial charge < -0.3 is 10.1 Å². The zero-order valence-corrected chi connectivity index (χ0v) is 14.2. The highest BCUT2D eigenvalue weighted by Gasteiger charge is 2.30. The van der Waals surface area contributed by atoms with E-state index in [0.717, 1.165) is 18.5 Å². The van der Waals surface area contributed by atoms with Crippen LogP contribution in [0.2, 0.25) is 0 Å². The summed E-state index contributed by atoms with van der Waals surface area (Å²) in [5.74, 6) is -0.126. The standard InChI is InChI=1S/C18H22FN3O2/c1-4-12(5-2)22-11(3)13(9-20-22)18(23)21-15-10-24-16-8-6-7-14(19)17(15)16/h6-9,12,15H,4-5,10H2,1-3H3,(H,21,23)/t15-/m1/s1. The number of carbonyl (C=O) groups is 1. The number of fused-ring (bicyclic) bond motifs is 1. The van der Waals surface area contributed by atoms with Gasteiger partial charge in [-0.3, -0.25) is 9.48 Å². The van der Waals surface area contributed by atoms with Crippen molar-refractivity contribution in [2.45, 2.75) is 45.7 Å². The molecule has 1 amide bonds. The Hall–Kier alpha value is -2.37. The smallest absolute Gasteiger partial charge is 0.255 e. The summed E-state index contributed by atoms with van der Waals surface area (Å²) in [6.07, 6.45) is 3.49. The summed E-state index contributed by atoms with van der Waals surface area (Å²) in [4.78, 5) is 12.6. The molecule has 1 aromatic heterocycles. The van der Waals surface area contributed by atoms with E-state index in [9.17, 15) is 9.18 Å². The van der Waals surface area contributed by atoms with Crippen molar-refractivity contribution in [2.24, 2.45) is 0 Å². The van der Waals surface area contributed by atoms with Gasteiger partial charge in [0.05, 0.1) is 29.4 Å². The van der Waals surface area contributed by atoms with Crippen LogP contribution in [-0.4, -0.2) is 22.3 Å². The highest BCUT2D eigenvalue weighted by atomic mass is 19.1. The average molecular weight is 331 g/mol. The number of benzene rings is 1. The molecule has 0 bridgehead atoms. The number of aromatic nitrogens is 2. The van der Waals surface area contributed by atoms with Crippen molar-refractivity contribution in [3.05, 3.63) is 47.0 Å². The lowest BCUT2D eigenvalue weighted by Crippen LogP contribution is -2.30. The van der Waals surface area contributed by atoms with Gasteiger partial charge in [0, 0.05) is 5.69 Å². The summed E-state index contributed by atoms with van der Waals surface area (Å²) < 4.78 is 21.4. The number of halogens is 1. The van der Waals surface area contributed by atoms with Crippen LogP contribution in [0, 0.1) is 12.7 Å². The largest absolute Gasteiger partial charge is 0.491 e. The van der Waals surface area contributed by atoms with E-state index in [2.05, 4.69) is 24.3 Å². The van der Waals surface area contributed by atoms with Crippen LogP contribution >= 0.6 is 0 Å². The Morgan fingerprint density at radius 2 is 2.21 bits per heavy atom. The molecule has 0 fully saturated rings. The van der Waals surface area contributed by atoms with Crippen LogP contribution in [0.25, 0.3) is 0 Å². The summed E-state index contributed by atoms with van der Waals surface area (Å²) in [6.45, 7) is 6.33. The molecule has 1 N–H and O–H groups in total. The fourth-order valence-electron chi connectivity index (χ4n) is 3.24. The van der Waals surface area contributed by atoms with Crippen LogP contribution in [-0.2, 0) is 0 Å². The normalized spacial score (nSPS) is 16.1.